The molecule has 1 rings (SSSR count). The van der Waals surface area contributed by atoms with Gasteiger partial charge in [0.1, 0.15) is 0 Å². The molecule has 11 heavy (non-hydrogen) atoms. The quantitative estimate of drug-likeness (QED) is 0.625. The molecule has 0 aliphatic heterocycles. The molecule has 0 amide bonds. The number of rotatable bonds is 3. The van der Waals surface area contributed by atoms with Crippen LogP contribution in [0.5, 0.6) is 0 Å². The van der Waals surface area contributed by atoms with E-state index in [1.54, 1.807) is 12.4 Å². The Morgan fingerprint density at radius 2 is 2.00 bits per heavy atom. The van der Waals surface area contributed by atoms with E-state index in [1.807, 2.05) is 7.05 Å². The van der Waals surface area contributed by atoms with E-state index in [-0.39, 0.29) is 6.61 Å². The molecule has 0 unspecified atom stereocenters. The van der Waals surface area contributed by atoms with Crippen LogP contribution in [0.1, 0.15) is 11.4 Å². The van der Waals surface area contributed by atoms with Crippen LogP contribution in [-0.4, -0.2) is 22.1 Å². The van der Waals surface area contributed by atoms with E-state index >= 15 is 0 Å². The molecule has 60 valence electrons. The fourth-order valence-corrected chi connectivity index (χ4v) is 0.736. The Labute approximate surface area is 65.3 Å². The van der Waals surface area contributed by atoms with Gasteiger partial charge in [-0.05, 0) is 7.05 Å². The van der Waals surface area contributed by atoms with Crippen molar-refractivity contribution in [2.45, 2.75) is 13.2 Å². The topological polar surface area (TPSA) is 58.0 Å². The number of aliphatic hydroxyl groups excluding tert-OH is 1. The maximum absolute atomic E-state index is 8.64. The largest absolute Gasteiger partial charge is 0.390 e. The molecule has 0 spiro atoms. The van der Waals surface area contributed by atoms with Gasteiger partial charge in [0, 0.05) is 6.54 Å². The number of hydrogen-bond acceptors (Lipinski definition) is 4. The van der Waals surface area contributed by atoms with Crippen molar-refractivity contribution in [1.29, 1.82) is 0 Å². The van der Waals surface area contributed by atoms with Gasteiger partial charge in [-0.1, -0.05) is 0 Å². The van der Waals surface area contributed by atoms with Crippen LogP contribution in [0.4, 0.5) is 0 Å². The highest BCUT2D eigenvalue weighted by atomic mass is 16.3. The maximum Gasteiger partial charge on any atom is 0.0868 e. The van der Waals surface area contributed by atoms with Gasteiger partial charge in [0.25, 0.3) is 0 Å². The van der Waals surface area contributed by atoms with Crippen LogP contribution in [0.3, 0.4) is 0 Å². The third-order valence-electron chi connectivity index (χ3n) is 1.28. The molecule has 4 heteroatoms. The molecule has 4 nitrogen and oxygen atoms in total. The van der Waals surface area contributed by atoms with Gasteiger partial charge < -0.3 is 10.4 Å². The van der Waals surface area contributed by atoms with E-state index in [0.29, 0.717) is 12.2 Å². The van der Waals surface area contributed by atoms with Crippen molar-refractivity contribution in [1.82, 2.24) is 15.3 Å². The Morgan fingerprint density at radius 1 is 1.36 bits per heavy atom. The van der Waals surface area contributed by atoms with E-state index < -0.39 is 0 Å². The van der Waals surface area contributed by atoms with Crippen LogP contribution in [0.2, 0.25) is 0 Å². The van der Waals surface area contributed by atoms with Gasteiger partial charge in [0.2, 0.25) is 0 Å². The molecule has 0 radical (unpaired) electrons. The normalized spacial score (nSPS) is 10.0. The van der Waals surface area contributed by atoms with Crippen molar-refractivity contribution in [2.24, 2.45) is 0 Å². The number of hydrogen-bond donors (Lipinski definition) is 2. The molecule has 0 fully saturated rings. The predicted octanol–water partition coefficient (Wildman–Crippen LogP) is -0.312. The molecule has 1 aromatic rings. The Morgan fingerprint density at radius 3 is 2.45 bits per heavy atom. The summed E-state index contributed by atoms with van der Waals surface area (Å²) in [5, 5.41) is 11.6. The Hall–Kier alpha value is -1.00. The first kappa shape index (κ1) is 8.10. The van der Waals surface area contributed by atoms with E-state index in [1.165, 1.54) is 0 Å². The molecule has 2 N–H and O–H groups in total. The van der Waals surface area contributed by atoms with Crippen molar-refractivity contribution in [2.75, 3.05) is 7.05 Å². The first-order chi connectivity index (χ1) is 5.36. The predicted molar refractivity (Wildman–Crippen MR) is 40.7 cm³/mol. The molecule has 1 aromatic heterocycles. The number of nitrogens with zero attached hydrogens (tertiary/aromatic N) is 2. The van der Waals surface area contributed by atoms with Gasteiger partial charge in [-0.15, -0.1) is 0 Å². The van der Waals surface area contributed by atoms with Gasteiger partial charge in [-0.3, -0.25) is 9.97 Å². The Balaban J connectivity index is 2.66. The summed E-state index contributed by atoms with van der Waals surface area (Å²) < 4.78 is 0. The van der Waals surface area contributed by atoms with Gasteiger partial charge >= 0.3 is 0 Å². The van der Waals surface area contributed by atoms with Gasteiger partial charge in [-0.2, -0.15) is 0 Å². The first-order valence-corrected chi connectivity index (χ1v) is 3.42. The molecule has 0 aliphatic carbocycles. The van der Waals surface area contributed by atoms with E-state index in [4.69, 9.17) is 5.11 Å². The average Bonchev–Trinajstić information content (AvgIpc) is 2.07. The summed E-state index contributed by atoms with van der Waals surface area (Å²) in [6, 6.07) is 0. The minimum Gasteiger partial charge on any atom is -0.390 e. The van der Waals surface area contributed by atoms with E-state index in [2.05, 4.69) is 15.3 Å². The van der Waals surface area contributed by atoms with E-state index in [9.17, 15) is 0 Å². The zero-order valence-electron chi connectivity index (χ0n) is 6.41. The van der Waals surface area contributed by atoms with Crippen LogP contribution in [0.25, 0.3) is 0 Å². The van der Waals surface area contributed by atoms with Gasteiger partial charge in [-0.25, -0.2) is 0 Å². The summed E-state index contributed by atoms with van der Waals surface area (Å²) in [6.07, 6.45) is 3.23. The minimum atomic E-state index is -0.0488. The minimum absolute atomic E-state index is 0.0488. The van der Waals surface area contributed by atoms with Gasteiger partial charge in [0.15, 0.2) is 0 Å². The summed E-state index contributed by atoms with van der Waals surface area (Å²) >= 11 is 0. The number of aromatic nitrogens is 2. The Kier molecular flexibility index (Phi) is 2.95. The lowest BCUT2D eigenvalue weighted by atomic mass is 10.4. The second kappa shape index (κ2) is 4.00. The zero-order valence-corrected chi connectivity index (χ0v) is 6.41. The molecule has 0 aromatic carbocycles. The fraction of sp³-hybridized carbons (Fsp3) is 0.429. The highest BCUT2D eigenvalue weighted by Crippen LogP contribution is 1.93. The lowest BCUT2D eigenvalue weighted by Gasteiger charge is -1.98. The summed E-state index contributed by atoms with van der Waals surface area (Å²) in [5.41, 5.74) is 1.48. The molecule has 0 bridgehead atoms. The van der Waals surface area contributed by atoms with Crippen molar-refractivity contribution in [3.8, 4) is 0 Å². The van der Waals surface area contributed by atoms with Crippen LogP contribution in [-0.2, 0) is 13.2 Å². The van der Waals surface area contributed by atoms with Crippen molar-refractivity contribution in [3.63, 3.8) is 0 Å². The molecular formula is C7H11N3O. The molecule has 0 aliphatic rings. The summed E-state index contributed by atoms with van der Waals surface area (Å²) in [4.78, 5) is 8.02. The number of aliphatic hydroxyl groups is 1. The summed E-state index contributed by atoms with van der Waals surface area (Å²) in [5.74, 6) is 0. The van der Waals surface area contributed by atoms with Crippen LogP contribution >= 0.6 is 0 Å². The monoisotopic (exact) mass is 153 g/mol. The second-order valence-corrected chi connectivity index (χ2v) is 2.19. The average molecular weight is 153 g/mol. The maximum atomic E-state index is 8.64. The first-order valence-electron chi connectivity index (χ1n) is 3.42. The zero-order chi connectivity index (χ0) is 8.10. The van der Waals surface area contributed by atoms with E-state index in [0.717, 1.165) is 5.69 Å². The van der Waals surface area contributed by atoms with Crippen LogP contribution in [0, 0.1) is 0 Å². The standard InChI is InChI=1S/C7H11N3O/c1-8-2-6-3-10-7(5-11)4-9-6/h3-4,8,11H,2,5H2,1H3. The van der Waals surface area contributed by atoms with Gasteiger partial charge in [0.05, 0.1) is 30.4 Å². The van der Waals surface area contributed by atoms with Crippen molar-refractivity contribution < 1.29 is 5.11 Å². The SMILES string of the molecule is CNCc1cnc(CO)cn1. The fourth-order valence-electron chi connectivity index (χ4n) is 0.736. The summed E-state index contributed by atoms with van der Waals surface area (Å²) in [6.45, 7) is 0.658. The van der Waals surface area contributed by atoms with Crippen LogP contribution in [0.15, 0.2) is 12.4 Å². The third kappa shape index (κ3) is 2.25. The smallest absolute Gasteiger partial charge is 0.0868 e. The lowest BCUT2D eigenvalue weighted by Crippen LogP contribution is -2.07. The molecule has 0 saturated heterocycles. The summed E-state index contributed by atoms with van der Waals surface area (Å²) in [7, 11) is 1.85. The molecule has 0 atom stereocenters. The lowest BCUT2D eigenvalue weighted by molar-refractivity contribution is 0.276. The van der Waals surface area contributed by atoms with Crippen molar-refractivity contribution >= 4 is 0 Å². The number of nitrogens with one attached hydrogen (secondary N) is 1. The second-order valence-electron chi connectivity index (χ2n) is 2.19. The third-order valence-corrected chi connectivity index (χ3v) is 1.28. The highest BCUT2D eigenvalue weighted by molar-refractivity contribution is 5.00. The highest BCUT2D eigenvalue weighted by Gasteiger charge is 1.93. The molecule has 0 saturated carbocycles. The van der Waals surface area contributed by atoms with Crippen LogP contribution < -0.4 is 5.32 Å². The molecular weight excluding hydrogens is 142 g/mol. The van der Waals surface area contributed by atoms with Crippen molar-refractivity contribution in [3.05, 3.63) is 23.8 Å². The Bertz CT molecular complexity index is 209. The molecule has 1 heterocycles.